The molecule has 0 unspecified atom stereocenters. The molecule has 0 saturated heterocycles. The molecule has 0 aliphatic carbocycles. The average Bonchev–Trinajstić information content (AvgIpc) is 3.54. The zero-order valence-corrected chi connectivity index (χ0v) is 24.9. The summed E-state index contributed by atoms with van der Waals surface area (Å²) in [6.07, 6.45) is 0. The van der Waals surface area contributed by atoms with Gasteiger partial charge in [-0.15, -0.1) is 0 Å². The summed E-state index contributed by atoms with van der Waals surface area (Å²) in [7, 11) is 0. The monoisotopic (exact) mass is 615 g/mol. The standard InChI is InChI=1S/C39H25N3Se/c1-4-10-27(11-5-1)35-25-36(28-12-6-2-7-13-28)41-38(40-35)29-18-16-26(17-19-29)31-20-22-33-32(24-31)21-23-34-37(33)43-39(42-34)30-14-8-3-9-15-30/h1-25H. The van der Waals surface area contributed by atoms with E-state index in [0.717, 1.165) is 39.4 Å². The Labute approximate surface area is 255 Å². The Morgan fingerprint density at radius 2 is 0.953 bits per heavy atom. The van der Waals surface area contributed by atoms with Crippen LogP contribution in [-0.2, 0) is 0 Å². The Hall–Kier alpha value is -5.15. The molecule has 3 nitrogen and oxygen atoms in total. The smallest absolute Gasteiger partial charge is 0.0528 e. The third-order valence-corrected chi connectivity index (χ3v) is 10.2. The van der Waals surface area contributed by atoms with Crippen LogP contribution in [0.3, 0.4) is 0 Å². The Balaban J connectivity index is 1.15. The normalized spacial score (nSPS) is 11.3. The number of hydrogen-bond donors (Lipinski definition) is 0. The van der Waals surface area contributed by atoms with Crippen LogP contribution < -0.4 is 0 Å². The van der Waals surface area contributed by atoms with E-state index in [2.05, 4.69) is 115 Å². The van der Waals surface area contributed by atoms with Crippen LogP contribution in [0, 0.1) is 0 Å². The van der Waals surface area contributed by atoms with Gasteiger partial charge in [0.15, 0.2) is 0 Å². The molecule has 6 aromatic carbocycles. The summed E-state index contributed by atoms with van der Waals surface area (Å²) in [6.45, 7) is 0. The molecule has 0 radical (unpaired) electrons. The third kappa shape index (κ3) is 4.97. The van der Waals surface area contributed by atoms with Gasteiger partial charge in [-0.25, -0.2) is 0 Å². The summed E-state index contributed by atoms with van der Waals surface area (Å²) in [5.74, 6) is 0.720. The minimum atomic E-state index is 0.187. The molecule has 0 spiro atoms. The maximum absolute atomic E-state index is 4.98. The molecule has 2 heterocycles. The summed E-state index contributed by atoms with van der Waals surface area (Å²) in [5.41, 5.74) is 9.65. The Bertz CT molecular complexity index is 2150. The summed E-state index contributed by atoms with van der Waals surface area (Å²) >= 11 is 0.187. The minimum absolute atomic E-state index is 0.187. The van der Waals surface area contributed by atoms with Crippen molar-refractivity contribution in [2.45, 2.75) is 0 Å². The SMILES string of the molecule is c1ccc(-c2cc(-c3ccccc3)nc(-c3ccc(-c4ccc5c(ccc6nc(-c7ccccc7)[se]c65)c4)cc3)n2)cc1. The Morgan fingerprint density at radius 1 is 0.395 bits per heavy atom. The summed E-state index contributed by atoms with van der Waals surface area (Å²) in [4.78, 5) is 14.9. The van der Waals surface area contributed by atoms with E-state index in [4.69, 9.17) is 15.0 Å². The van der Waals surface area contributed by atoms with Gasteiger partial charge in [-0.2, -0.15) is 0 Å². The number of nitrogens with zero attached hydrogens (tertiary/aromatic N) is 3. The van der Waals surface area contributed by atoms with E-state index < -0.39 is 0 Å². The van der Waals surface area contributed by atoms with Crippen LogP contribution in [0.25, 0.3) is 75.7 Å². The molecular formula is C39H25N3Se. The summed E-state index contributed by atoms with van der Waals surface area (Å²) < 4.78 is 2.57. The van der Waals surface area contributed by atoms with Crippen molar-refractivity contribution in [1.82, 2.24) is 15.0 Å². The third-order valence-electron chi connectivity index (χ3n) is 7.73. The molecule has 0 fully saturated rings. The molecule has 2 aromatic heterocycles. The van der Waals surface area contributed by atoms with Crippen molar-refractivity contribution in [2.24, 2.45) is 0 Å². The van der Waals surface area contributed by atoms with E-state index in [1.807, 2.05) is 36.4 Å². The van der Waals surface area contributed by atoms with Crippen LogP contribution in [0.2, 0.25) is 0 Å². The second-order valence-corrected chi connectivity index (χ2v) is 12.6. The summed E-state index contributed by atoms with van der Waals surface area (Å²) in [6, 6.07) is 53.0. The fraction of sp³-hybridized carbons (Fsp3) is 0. The molecule has 0 N–H and O–H groups in total. The number of benzene rings is 6. The van der Waals surface area contributed by atoms with Crippen molar-refractivity contribution >= 4 is 35.1 Å². The van der Waals surface area contributed by atoms with Gasteiger partial charge in [-0.05, 0) is 6.07 Å². The predicted molar refractivity (Wildman–Crippen MR) is 179 cm³/mol. The van der Waals surface area contributed by atoms with Crippen molar-refractivity contribution in [3.05, 3.63) is 152 Å². The molecule has 8 aromatic rings. The first-order valence-corrected chi connectivity index (χ1v) is 16.0. The first-order chi connectivity index (χ1) is 21.3. The number of hydrogen-bond acceptors (Lipinski definition) is 3. The van der Waals surface area contributed by atoms with Gasteiger partial charge in [0.05, 0.1) is 0 Å². The predicted octanol–water partition coefficient (Wildman–Crippen LogP) is 9.57. The first kappa shape index (κ1) is 25.6. The summed E-state index contributed by atoms with van der Waals surface area (Å²) in [5, 5.41) is 2.55. The average molecular weight is 615 g/mol. The van der Waals surface area contributed by atoms with Crippen molar-refractivity contribution in [3.8, 4) is 55.2 Å². The van der Waals surface area contributed by atoms with Crippen molar-refractivity contribution in [2.75, 3.05) is 0 Å². The van der Waals surface area contributed by atoms with Crippen LogP contribution in [-0.4, -0.2) is 29.5 Å². The van der Waals surface area contributed by atoms with E-state index in [0.29, 0.717) is 0 Å². The number of aromatic nitrogens is 3. The van der Waals surface area contributed by atoms with Crippen LogP contribution in [0.15, 0.2) is 152 Å². The van der Waals surface area contributed by atoms with Crippen LogP contribution in [0.4, 0.5) is 0 Å². The fourth-order valence-corrected chi connectivity index (χ4v) is 7.82. The van der Waals surface area contributed by atoms with Crippen LogP contribution in [0.5, 0.6) is 0 Å². The molecule has 8 rings (SSSR count). The van der Waals surface area contributed by atoms with Gasteiger partial charge in [-0.1, -0.05) is 60.7 Å². The first-order valence-electron chi connectivity index (χ1n) is 14.3. The van der Waals surface area contributed by atoms with E-state index >= 15 is 0 Å². The number of rotatable bonds is 5. The van der Waals surface area contributed by atoms with Crippen LogP contribution in [0.1, 0.15) is 0 Å². The number of fused-ring (bicyclic) bond motifs is 3. The van der Waals surface area contributed by atoms with E-state index in [1.54, 1.807) is 0 Å². The quantitative estimate of drug-likeness (QED) is 0.181. The molecule has 0 atom stereocenters. The van der Waals surface area contributed by atoms with Gasteiger partial charge in [-0.3, -0.25) is 0 Å². The Kier molecular flexibility index (Phi) is 6.49. The molecule has 43 heavy (non-hydrogen) atoms. The van der Waals surface area contributed by atoms with E-state index in [1.165, 1.54) is 36.3 Å². The van der Waals surface area contributed by atoms with Crippen molar-refractivity contribution < 1.29 is 0 Å². The maximum atomic E-state index is 4.98. The van der Waals surface area contributed by atoms with Gasteiger partial charge in [0.1, 0.15) is 0 Å². The molecular weight excluding hydrogens is 589 g/mol. The van der Waals surface area contributed by atoms with Gasteiger partial charge >= 0.3 is 179 Å². The van der Waals surface area contributed by atoms with Crippen molar-refractivity contribution in [1.29, 1.82) is 0 Å². The molecule has 4 heteroatoms. The molecule has 0 aliphatic heterocycles. The zero-order chi connectivity index (χ0) is 28.6. The Morgan fingerprint density at radius 3 is 1.58 bits per heavy atom. The topological polar surface area (TPSA) is 38.7 Å². The van der Waals surface area contributed by atoms with Crippen LogP contribution >= 0.6 is 0 Å². The largest absolute Gasteiger partial charge is 0.0616 e. The molecule has 0 amide bonds. The second kappa shape index (κ2) is 10.9. The fourth-order valence-electron chi connectivity index (χ4n) is 5.50. The van der Waals surface area contributed by atoms with Gasteiger partial charge in [0.2, 0.25) is 0 Å². The van der Waals surface area contributed by atoms with Crippen molar-refractivity contribution in [3.63, 3.8) is 0 Å². The molecule has 0 saturated carbocycles. The molecule has 0 aliphatic rings. The van der Waals surface area contributed by atoms with E-state index in [-0.39, 0.29) is 14.5 Å². The minimum Gasteiger partial charge on any atom is -0.0616 e. The van der Waals surface area contributed by atoms with E-state index in [9.17, 15) is 0 Å². The maximum Gasteiger partial charge on any atom is -0.0528 e. The molecule has 0 bridgehead atoms. The zero-order valence-electron chi connectivity index (χ0n) is 23.2. The van der Waals surface area contributed by atoms with Gasteiger partial charge < -0.3 is 0 Å². The van der Waals surface area contributed by atoms with Gasteiger partial charge in [0, 0.05) is 11.1 Å². The van der Waals surface area contributed by atoms with Gasteiger partial charge in [0.25, 0.3) is 0 Å². The second-order valence-electron chi connectivity index (χ2n) is 10.5. The molecule has 202 valence electrons.